The summed E-state index contributed by atoms with van der Waals surface area (Å²) in [6, 6.07) is 0. The van der Waals surface area contributed by atoms with E-state index in [0.29, 0.717) is 18.8 Å². The quantitative estimate of drug-likeness (QED) is 0.698. The van der Waals surface area contributed by atoms with Crippen molar-refractivity contribution in [2.75, 3.05) is 6.54 Å². The van der Waals surface area contributed by atoms with Crippen molar-refractivity contribution in [1.82, 2.24) is 0 Å². The van der Waals surface area contributed by atoms with E-state index in [1.165, 1.54) is 0 Å². The Labute approximate surface area is 77.1 Å². The van der Waals surface area contributed by atoms with Crippen molar-refractivity contribution in [2.24, 2.45) is 11.7 Å². The maximum absolute atomic E-state index is 13.2. The molecule has 1 aliphatic rings. The molecule has 0 atom stereocenters. The van der Waals surface area contributed by atoms with Crippen LogP contribution in [0.4, 0.5) is 8.78 Å². The second-order valence-corrected chi connectivity index (χ2v) is 4.12. The SMILES string of the molecule is CC1CCC(O)(C(F)(F)CN)CC1. The van der Waals surface area contributed by atoms with Gasteiger partial charge in [-0.05, 0) is 31.6 Å². The first-order valence-corrected chi connectivity index (χ1v) is 4.71. The zero-order valence-electron chi connectivity index (χ0n) is 7.89. The monoisotopic (exact) mass is 193 g/mol. The number of rotatable bonds is 2. The number of halogens is 2. The Balaban J connectivity index is 2.66. The van der Waals surface area contributed by atoms with Crippen molar-refractivity contribution in [3.63, 3.8) is 0 Å². The lowest BCUT2D eigenvalue weighted by atomic mass is 9.76. The predicted octanol–water partition coefficient (Wildman–Crippen LogP) is 1.52. The smallest absolute Gasteiger partial charge is 0.288 e. The number of hydrogen-bond donors (Lipinski definition) is 2. The lowest BCUT2D eigenvalue weighted by Gasteiger charge is -2.39. The summed E-state index contributed by atoms with van der Waals surface area (Å²) >= 11 is 0. The summed E-state index contributed by atoms with van der Waals surface area (Å²) in [5, 5.41) is 9.69. The van der Waals surface area contributed by atoms with Crippen LogP contribution in [-0.2, 0) is 0 Å². The molecule has 0 radical (unpaired) electrons. The predicted molar refractivity (Wildman–Crippen MR) is 46.6 cm³/mol. The van der Waals surface area contributed by atoms with Gasteiger partial charge in [-0.15, -0.1) is 0 Å². The van der Waals surface area contributed by atoms with Crippen LogP contribution in [0.1, 0.15) is 32.6 Å². The van der Waals surface area contributed by atoms with Gasteiger partial charge in [-0.1, -0.05) is 6.92 Å². The molecule has 13 heavy (non-hydrogen) atoms. The minimum Gasteiger partial charge on any atom is -0.384 e. The summed E-state index contributed by atoms with van der Waals surface area (Å²) in [4.78, 5) is 0. The Kier molecular flexibility index (Phi) is 2.92. The van der Waals surface area contributed by atoms with E-state index in [9.17, 15) is 13.9 Å². The lowest BCUT2D eigenvalue weighted by molar-refractivity contribution is -0.192. The van der Waals surface area contributed by atoms with Crippen LogP contribution < -0.4 is 5.73 Å². The molecular weight excluding hydrogens is 176 g/mol. The van der Waals surface area contributed by atoms with E-state index in [1.54, 1.807) is 0 Å². The second-order valence-electron chi connectivity index (χ2n) is 4.12. The van der Waals surface area contributed by atoms with E-state index in [1.807, 2.05) is 6.92 Å². The molecule has 1 saturated carbocycles. The van der Waals surface area contributed by atoms with Gasteiger partial charge in [0, 0.05) is 0 Å². The Hall–Kier alpha value is -0.220. The first-order chi connectivity index (χ1) is 5.91. The summed E-state index contributed by atoms with van der Waals surface area (Å²) < 4.78 is 26.3. The fourth-order valence-corrected chi connectivity index (χ4v) is 1.80. The van der Waals surface area contributed by atoms with Crippen molar-refractivity contribution in [2.45, 2.75) is 44.1 Å². The van der Waals surface area contributed by atoms with E-state index < -0.39 is 18.1 Å². The summed E-state index contributed by atoms with van der Waals surface area (Å²) in [5.41, 5.74) is 3.09. The van der Waals surface area contributed by atoms with Crippen LogP contribution in [0, 0.1) is 5.92 Å². The molecule has 0 bridgehead atoms. The molecule has 0 aromatic carbocycles. The van der Waals surface area contributed by atoms with Gasteiger partial charge in [0.1, 0.15) is 5.60 Å². The third kappa shape index (κ3) is 1.99. The fraction of sp³-hybridized carbons (Fsp3) is 1.00. The van der Waals surface area contributed by atoms with Crippen molar-refractivity contribution in [3.05, 3.63) is 0 Å². The summed E-state index contributed by atoms with van der Waals surface area (Å²) in [6.07, 6.45) is 1.65. The number of nitrogens with two attached hydrogens (primary N) is 1. The van der Waals surface area contributed by atoms with Gasteiger partial charge >= 0.3 is 0 Å². The van der Waals surface area contributed by atoms with E-state index >= 15 is 0 Å². The summed E-state index contributed by atoms with van der Waals surface area (Å²) in [7, 11) is 0. The van der Waals surface area contributed by atoms with Crippen LogP contribution in [0.5, 0.6) is 0 Å². The third-order valence-electron chi connectivity index (χ3n) is 3.04. The fourth-order valence-electron chi connectivity index (χ4n) is 1.80. The van der Waals surface area contributed by atoms with Gasteiger partial charge in [-0.25, -0.2) is 8.78 Å². The lowest BCUT2D eigenvalue weighted by Crippen LogP contribution is -2.54. The minimum absolute atomic E-state index is 0.165. The molecule has 1 rings (SSSR count). The van der Waals surface area contributed by atoms with E-state index in [0.717, 1.165) is 0 Å². The Morgan fingerprint density at radius 2 is 1.92 bits per heavy atom. The highest BCUT2D eigenvalue weighted by Crippen LogP contribution is 2.41. The van der Waals surface area contributed by atoms with Crippen molar-refractivity contribution < 1.29 is 13.9 Å². The van der Waals surface area contributed by atoms with Crippen LogP contribution in [0.25, 0.3) is 0 Å². The van der Waals surface area contributed by atoms with Crippen LogP contribution in [0.2, 0.25) is 0 Å². The van der Waals surface area contributed by atoms with Crippen LogP contribution in [-0.4, -0.2) is 23.2 Å². The second kappa shape index (κ2) is 3.50. The molecule has 2 nitrogen and oxygen atoms in total. The summed E-state index contributed by atoms with van der Waals surface area (Å²) in [5.74, 6) is -2.69. The number of alkyl halides is 2. The summed E-state index contributed by atoms with van der Waals surface area (Å²) in [6.45, 7) is 1.25. The van der Waals surface area contributed by atoms with Gasteiger partial charge in [0.05, 0.1) is 6.54 Å². The highest BCUT2D eigenvalue weighted by atomic mass is 19.3. The Morgan fingerprint density at radius 3 is 2.31 bits per heavy atom. The van der Waals surface area contributed by atoms with Gasteiger partial charge < -0.3 is 10.8 Å². The molecule has 0 aromatic rings. The minimum atomic E-state index is -3.13. The molecule has 0 amide bonds. The molecule has 1 fully saturated rings. The molecule has 0 saturated heterocycles. The molecule has 0 aromatic heterocycles. The molecule has 1 aliphatic carbocycles. The Morgan fingerprint density at radius 1 is 1.46 bits per heavy atom. The first kappa shape index (κ1) is 10.9. The van der Waals surface area contributed by atoms with Crippen LogP contribution in [0.3, 0.4) is 0 Å². The van der Waals surface area contributed by atoms with Gasteiger partial charge in [0.25, 0.3) is 5.92 Å². The largest absolute Gasteiger partial charge is 0.384 e. The zero-order valence-corrected chi connectivity index (χ0v) is 7.89. The highest BCUT2D eigenvalue weighted by Gasteiger charge is 2.52. The zero-order chi connectivity index (χ0) is 10.1. The van der Waals surface area contributed by atoms with Gasteiger partial charge in [0.2, 0.25) is 0 Å². The van der Waals surface area contributed by atoms with Crippen LogP contribution >= 0.6 is 0 Å². The van der Waals surface area contributed by atoms with Gasteiger partial charge in [-0.3, -0.25) is 0 Å². The number of hydrogen-bond acceptors (Lipinski definition) is 2. The van der Waals surface area contributed by atoms with Crippen molar-refractivity contribution in [1.29, 1.82) is 0 Å². The Bertz CT molecular complexity index is 176. The molecular formula is C9H17F2NO. The third-order valence-corrected chi connectivity index (χ3v) is 3.04. The topological polar surface area (TPSA) is 46.2 Å². The average Bonchev–Trinajstić information content (AvgIpc) is 2.10. The maximum atomic E-state index is 13.2. The average molecular weight is 193 g/mol. The molecule has 78 valence electrons. The molecule has 0 heterocycles. The number of aliphatic hydroxyl groups is 1. The molecule has 0 aliphatic heterocycles. The van der Waals surface area contributed by atoms with Gasteiger partial charge in [-0.2, -0.15) is 0 Å². The first-order valence-electron chi connectivity index (χ1n) is 4.71. The van der Waals surface area contributed by atoms with Crippen LogP contribution in [0.15, 0.2) is 0 Å². The van der Waals surface area contributed by atoms with E-state index in [4.69, 9.17) is 5.73 Å². The molecule has 4 heteroatoms. The molecule has 3 N–H and O–H groups in total. The van der Waals surface area contributed by atoms with E-state index in [-0.39, 0.29) is 12.8 Å². The molecule has 0 spiro atoms. The molecule has 0 unspecified atom stereocenters. The standard InChI is InChI=1S/C9H17F2NO/c1-7-2-4-8(13,5-3-7)9(10,11)6-12/h7,13H,2-6,12H2,1H3. The van der Waals surface area contributed by atoms with Crippen molar-refractivity contribution >= 4 is 0 Å². The van der Waals surface area contributed by atoms with E-state index in [2.05, 4.69) is 0 Å². The normalized spacial score (nSPS) is 36.2. The van der Waals surface area contributed by atoms with Gasteiger partial charge in [0.15, 0.2) is 0 Å². The maximum Gasteiger partial charge on any atom is 0.288 e. The highest BCUT2D eigenvalue weighted by molar-refractivity contribution is 4.96. The van der Waals surface area contributed by atoms with Crippen molar-refractivity contribution in [3.8, 4) is 0 Å².